The van der Waals surface area contributed by atoms with E-state index < -0.39 is 0 Å². The highest BCUT2D eigenvalue weighted by Gasteiger charge is 2.36. The summed E-state index contributed by atoms with van der Waals surface area (Å²) in [7, 11) is 2.18. The molecule has 7 heteroatoms. The molecule has 0 saturated carbocycles. The standard InChI is InChI=1S/C21H37N5O2/c1-4-8-26-17(2)19(15-22-26)21(28)25-9-7-20(18(16-25)6-5-14-27)24-12-10-23(3)11-13-24/h15,18,20,27H,4-14,16H2,1-3H3/t18-,20+/m1/s1. The van der Waals surface area contributed by atoms with Crippen LogP contribution in [0.4, 0.5) is 0 Å². The zero-order valence-electron chi connectivity index (χ0n) is 17.8. The largest absolute Gasteiger partial charge is 0.396 e. The van der Waals surface area contributed by atoms with Gasteiger partial charge >= 0.3 is 0 Å². The maximum atomic E-state index is 13.2. The van der Waals surface area contributed by atoms with Gasteiger partial charge in [-0.15, -0.1) is 0 Å². The molecule has 0 bridgehead atoms. The number of piperazine rings is 1. The van der Waals surface area contributed by atoms with E-state index in [1.807, 2.05) is 16.5 Å². The third kappa shape index (κ3) is 4.75. The predicted octanol–water partition coefficient (Wildman–Crippen LogP) is 1.45. The van der Waals surface area contributed by atoms with Gasteiger partial charge in [-0.05, 0) is 45.6 Å². The number of carbonyl (C=O) groups excluding carboxylic acids is 1. The van der Waals surface area contributed by atoms with Crippen LogP contribution >= 0.6 is 0 Å². The lowest BCUT2D eigenvalue weighted by molar-refractivity contribution is 0.0217. The lowest BCUT2D eigenvalue weighted by atomic mass is 9.86. The molecule has 0 aromatic carbocycles. The number of likely N-dealkylation sites (tertiary alicyclic amines) is 1. The van der Waals surface area contributed by atoms with Gasteiger partial charge in [0.15, 0.2) is 0 Å². The van der Waals surface area contributed by atoms with Gasteiger partial charge in [-0.1, -0.05) is 6.92 Å². The van der Waals surface area contributed by atoms with Crippen LogP contribution in [-0.2, 0) is 6.54 Å². The topological polar surface area (TPSA) is 64.8 Å². The first-order valence-electron chi connectivity index (χ1n) is 10.9. The molecule has 3 rings (SSSR count). The van der Waals surface area contributed by atoms with Crippen molar-refractivity contribution in [3.8, 4) is 0 Å². The van der Waals surface area contributed by atoms with Crippen LogP contribution in [0.15, 0.2) is 6.20 Å². The number of aliphatic hydroxyl groups is 1. The zero-order chi connectivity index (χ0) is 20.1. The number of aryl methyl sites for hydroxylation is 1. The molecule has 158 valence electrons. The van der Waals surface area contributed by atoms with E-state index in [0.717, 1.165) is 82.8 Å². The first-order valence-corrected chi connectivity index (χ1v) is 10.9. The molecule has 1 N–H and O–H groups in total. The van der Waals surface area contributed by atoms with Crippen LogP contribution in [-0.4, -0.2) is 94.5 Å². The normalized spacial score (nSPS) is 24.6. The van der Waals surface area contributed by atoms with Gasteiger partial charge in [0, 0.05) is 64.2 Å². The molecule has 28 heavy (non-hydrogen) atoms. The number of likely N-dealkylation sites (N-methyl/N-ethyl adjacent to an activating group) is 1. The van der Waals surface area contributed by atoms with Crippen molar-refractivity contribution in [2.45, 2.75) is 52.1 Å². The van der Waals surface area contributed by atoms with Crippen molar-refractivity contribution < 1.29 is 9.90 Å². The molecule has 7 nitrogen and oxygen atoms in total. The lowest BCUT2D eigenvalue weighted by Crippen LogP contribution is -2.57. The van der Waals surface area contributed by atoms with Crippen LogP contribution in [0.1, 0.15) is 48.7 Å². The van der Waals surface area contributed by atoms with E-state index in [2.05, 4.69) is 28.9 Å². The second-order valence-electron chi connectivity index (χ2n) is 8.44. The predicted molar refractivity (Wildman–Crippen MR) is 110 cm³/mol. The van der Waals surface area contributed by atoms with Crippen molar-refractivity contribution in [2.24, 2.45) is 5.92 Å². The summed E-state index contributed by atoms with van der Waals surface area (Å²) < 4.78 is 1.94. The van der Waals surface area contributed by atoms with E-state index in [9.17, 15) is 9.90 Å². The van der Waals surface area contributed by atoms with E-state index in [0.29, 0.717) is 12.0 Å². The van der Waals surface area contributed by atoms with Crippen LogP contribution in [0.2, 0.25) is 0 Å². The second kappa shape index (κ2) is 9.85. The molecule has 1 aromatic rings. The maximum absolute atomic E-state index is 13.2. The number of amides is 1. The average Bonchev–Trinajstić information content (AvgIpc) is 3.07. The van der Waals surface area contributed by atoms with Gasteiger partial charge in [-0.25, -0.2) is 0 Å². The van der Waals surface area contributed by atoms with Crippen molar-refractivity contribution in [1.82, 2.24) is 24.5 Å². The van der Waals surface area contributed by atoms with Gasteiger partial charge in [-0.3, -0.25) is 14.4 Å². The maximum Gasteiger partial charge on any atom is 0.257 e. The van der Waals surface area contributed by atoms with Gasteiger partial charge in [0.1, 0.15) is 0 Å². The SMILES string of the molecule is CCCn1ncc(C(=O)N2CC[C@H](N3CCN(C)CC3)[C@H](CCCO)C2)c1C. The fourth-order valence-electron chi connectivity index (χ4n) is 4.74. The van der Waals surface area contributed by atoms with Crippen LogP contribution in [0, 0.1) is 12.8 Å². The molecule has 0 aliphatic carbocycles. The van der Waals surface area contributed by atoms with E-state index >= 15 is 0 Å². The lowest BCUT2D eigenvalue weighted by Gasteiger charge is -2.46. The number of aliphatic hydroxyl groups excluding tert-OH is 1. The van der Waals surface area contributed by atoms with Crippen molar-refractivity contribution in [1.29, 1.82) is 0 Å². The smallest absolute Gasteiger partial charge is 0.257 e. The number of piperidine rings is 1. The number of rotatable bonds is 7. The Labute approximate surface area is 169 Å². The summed E-state index contributed by atoms with van der Waals surface area (Å²) in [5.74, 6) is 0.546. The first kappa shape index (κ1) is 21.3. The van der Waals surface area contributed by atoms with Gasteiger partial charge < -0.3 is 14.9 Å². The Morgan fingerprint density at radius 3 is 2.68 bits per heavy atom. The third-order valence-electron chi connectivity index (χ3n) is 6.49. The Hall–Kier alpha value is -1.44. The summed E-state index contributed by atoms with van der Waals surface area (Å²) in [5, 5.41) is 13.8. The molecule has 1 amide bonds. The van der Waals surface area contributed by atoms with Gasteiger partial charge in [0.25, 0.3) is 5.91 Å². The Kier molecular flexibility index (Phi) is 7.48. The summed E-state index contributed by atoms with van der Waals surface area (Å²) in [5.41, 5.74) is 1.72. The molecule has 1 aromatic heterocycles. The van der Waals surface area contributed by atoms with Gasteiger partial charge in [-0.2, -0.15) is 5.10 Å². The molecule has 0 unspecified atom stereocenters. The van der Waals surface area contributed by atoms with Crippen molar-refractivity contribution in [2.75, 3.05) is 52.9 Å². The molecular formula is C21H37N5O2. The molecule has 2 aliphatic heterocycles. The van der Waals surface area contributed by atoms with Crippen LogP contribution in [0.25, 0.3) is 0 Å². The average molecular weight is 392 g/mol. The summed E-state index contributed by atoms with van der Waals surface area (Å²) in [6.07, 6.45) is 5.56. The number of aromatic nitrogens is 2. The minimum Gasteiger partial charge on any atom is -0.396 e. The van der Waals surface area contributed by atoms with E-state index in [1.165, 1.54) is 0 Å². The van der Waals surface area contributed by atoms with E-state index in [1.54, 1.807) is 6.20 Å². The van der Waals surface area contributed by atoms with Crippen LogP contribution in [0.3, 0.4) is 0 Å². The number of carbonyl (C=O) groups is 1. The molecule has 2 fully saturated rings. The Morgan fingerprint density at radius 2 is 2.00 bits per heavy atom. The summed E-state index contributed by atoms with van der Waals surface area (Å²) in [4.78, 5) is 20.2. The van der Waals surface area contributed by atoms with Gasteiger partial charge in [0.2, 0.25) is 0 Å². The third-order valence-corrected chi connectivity index (χ3v) is 6.49. The molecule has 0 spiro atoms. The fraction of sp³-hybridized carbons (Fsp3) is 0.810. The minimum atomic E-state index is 0.116. The van der Waals surface area contributed by atoms with Crippen molar-refractivity contribution in [3.63, 3.8) is 0 Å². The first-order chi connectivity index (χ1) is 13.5. The van der Waals surface area contributed by atoms with Gasteiger partial charge in [0.05, 0.1) is 11.8 Å². The zero-order valence-corrected chi connectivity index (χ0v) is 17.8. The monoisotopic (exact) mass is 391 g/mol. The molecule has 2 saturated heterocycles. The number of hydrogen-bond donors (Lipinski definition) is 1. The Morgan fingerprint density at radius 1 is 1.25 bits per heavy atom. The molecule has 2 aliphatic rings. The molecule has 3 heterocycles. The quantitative estimate of drug-likeness (QED) is 0.762. The highest BCUT2D eigenvalue weighted by atomic mass is 16.3. The highest BCUT2D eigenvalue weighted by Crippen LogP contribution is 2.28. The van der Waals surface area contributed by atoms with Crippen molar-refractivity contribution >= 4 is 5.91 Å². The second-order valence-corrected chi connectivity index (χ2v) is 8.44. The van der Waals surface area contributed by atoms with Crippen LogP contribution in [0.5, 0.6) is 0 Å². The van der Waals surface area contributed by atoms with E-state index in [4.69, 9.17) is 0 Å². The Bertz CT molecular complexity index is 639. The molecule has 2 atom stereocenters. The number of nitrogens with zero attached hydrogens (tertiary/aromatic N) is 5. The van der Waals surface area contributed by atoms with Crippen molar-refractivity contribution in [3.05, 3.63) is 17.5 Å². The number of hydrogen-bond acceptors (Lipinski definition) is 5. The van der Waals surface area contributed by atoms with Crippen LogP contribution < -0.4 is 0 Å². The Balaban J connectivity index is 1.68. The minimum absolute atomic E-state index is 0.116. The molecule has 0 radical (unpaired) electrons. The summed E-state index contributed by atoms with van der Waals surface area (Å²) >= 11 is 0. The summed E-state index contributed by atoms with van der Waals surface area (Å²) in [6, 6.07) is 0.521. The van der Waals surface area contributed by atoms with E-state index in [-0.39, 0.29) is 12.5 Å². The summed E-state index contributed by atoms with van der Waals surface area (Å²) in [6.45, 7) is 11.2. The molecular weight excluding hydrogens is 354 g/mol. The highest BCUT2D eigenvalue weighted by molar-refractivity contribution is 5.95. The fourth-order valence-corrected chi connectivity index (χ4v) is 4.74.